The standard InChI is InChI=1S/C15H16N2OS/c16-11-2-1-3-12-14(11)19-15(17-12)10-4-5-13-9(8-10)6-7-18-13/h4-5,8,11H,1-3,6-7,16H2. The minimum Gasteiger partial charge on any atom is -0.493 e. The van der Waals surface area contributed by atoms with E-state index >= 15 is 0 Å². The van der Waals surface area contributed by atoms with E-state index in [1.54, 1.807) is 11.3 Å². The number of hydrogen-bond donors (Lipinski definition) is 1. The number of ether oxygens (including phenoxy) is 1. The van der Waals surface area contributed by atoms with Crippen LogP contribution in [-0.2, 0) is 12.8 Å². The normalized spacial score (nSPS) is 20.8. The second-order valence-electron chi connectivity index (χ2n) is 5.25. The molecule has 1 aliphatic carbocycles. The Morgan fingerprint density at radius 1 is 1.32 bits per heavy atom. The zero-order valence-electron chi connectivity index (χ0n) is 10.7. The summed E-state index contributed by atoms with van der Waals surface area (Å²) in [6, 6.07) is 6.59. The molecule has 0 saturated carbocycles. The fourth-order valence-corrected chi connectivity index (χ4v) is 4.04. The van der Waals surface area contributed by atoms with Crippen LogP contribution in [0.4, 0.5) is 0 Å². The fraction of sp³-hybridized carbons (Fsp3) is 0.400. The van der Waals surface area contributed by atoms with Gasteiger partial charge in [0.1, 0.15) is 10.8 Å². The summed E-state index contributed by atoms with van der Waals surface area (Å²) in [5.74, 6) is 1.03. The first-order chi connectivity index (χ1) is 9.31. The summed E-state index contributed by atoms with van der Waals surface area (Å²) >= 11 is 1.77. The van der Waals surface area contributed by atoms with Gasteiger partial charge in [-0.15, -0.1) is 11.3 Å². The van der Waals surface area contributed by atoms with Crippen molar-refractivity contribution in [3.05, 3.63) is 34.3 Å². The molecule has 4 heteroatoms. The second-order valence-corrected chi connectivity index (χ2v) is 6.28. The molecule has 98 valence electrons. The van der Waals surface area contributed by atoms with E-state index in [4.69, 9.17) is 15.5 Å². The molecule has 3 nitrogen and oxygen atoms in total. The van der Waals surface area contributed by atoms with Gasteiger partial charge in [-0.05, 0) is 43.0 Å². The van der Waals surface area contributed by atoms with E-state index in [1.165, 1.54) is 21.7 Å². The van der Waals surface area contributed by atoms with Gasteiger partial charge in [-0.2, -0.15) is 0 Å². The predicted octanol–water partition coefficient (Wildman–Crippen LogP) is 3.08. The number of aromatic nitrogens is 1. The topological polar surface area (TPSA) is 48.1 Å². The quantitative estimate of drug-likeness (QED) is 0.868. The van der Waals surface area contributed by atoms with E-state index < -0.39 is 0 Å². The van der Waals surface area contributed by atoms with E-state index in [2.05, 4.69) is 18.2 Å². The Labute approximate surface area is 116 Å². The van der Waals surface area contributed by atoms with Crippen molar-refractivity contribution in [3.8, 4) is 16.3 Å². The van der Waals surface area contributed by atoms with Crippen molar-refractivity contribution in [1.29, 1.82) is 0 Å². The highest BCUT2D eigenvalue weighted by molar-refractivity contribution is 7.15. The maximum Gasteiger partial charge on any atom is 0.123 e. The predicted molar refractivity (Wildman–Crippen MR) is 76.6 cm³/mol. The van der Waals surface area contributed by atoms with Crippen molar-refractivity contribution in [1.82, 2.24) is 4.98 Å². The van der Waals surface area contributed by atoms with Gasteiger partial charge in [0, 0.05) is 22.9 Å². The molecule has 0 bridgehead atoms. The van der Waals surface area contributed by atoms with Gasteiger partial charge in [-0.3, -0.25) is 0 Å². The molecule has 0 radical (unpaired) electrons. The van der Waals surface area contributed by atoms with Gasteiger partial charge in [0.2, 0.25) is 0 Å². The highest BCUT2D eigenvalue weighted by Crippen LogP contribution is 2.38. The monoisotopic (exact) mass is 272 g/mol. The number of benzene rings is 1. The van der Waals surface area contributed by atoms with Crippen LogP contribution in [0.2, 0.25) is 0 Å². The van der Waals surface area contributed by atoms with E-state index in [0.29, 0.717) is 0 Å². The summed E-state index contributed by atoms with van der Waals surface area (Å²) in [4.78, 5) is 6.08. The van der Waals surface area contributed by atoms with Crippen LogP contribution < -0.4 is 10.5 Å². The molecule has 19 heavy (non-hydrogen) atoms. The Bertz CT molecular complexity index is 635. The first kappa shape index (κ1) is 11.4. The van der Waals surface area contributed by atoms with E-state index in [1.807, 2.05) is 0 Å². The van der Waals surface area contributed by atoms with Crippen molar-refractivity contribution in [2.75, 3.05) is 6.61 Å². The molecule has 2 aliphatic rings. The van der Waals surface area contributed by atoms with Gasteiger partial charge in [-0.25, -0.2) is 4.98 Å². The number of aryl methyl sites for hydroxylation is 1. The van der Waals surface area contributed by atoms with Crippen molar-refractivity contribution >= 4 is 11.3 Å². The van der Waals surface area contributed by atoms with Crippen molar-refractivity contribution < 1.29 is 4.74 Å². The smallest absolute Gasteiger partial charge is 0.123 e. The molecule has 1 aliphatic heterocycles. The van der Waals surface area contributed by atoms with Gasteiger partial charge in [0.15, 0.2) is 0 Å². The van der Waals surface area contributed by atoms with Gasteiger partial charge in [-0.1, -0.05) is 0 Å². The van der Waals surface area contributed by atoms with Crippen molar-refractivity contribution in [2.24, 2.45) is 5.73 Å². The van der Waals surface area contributed by atoms with Crippen LogP contribution in [0.25, 0.3) is 10.6 Å². The highest BCUT2D eigenvalue weighted by Gasteiger charge is 2.22. The zero-order chi connectivity index (χ0) is 12.8. The second kappa shape index (κ2) is 4.32. The average Bonchev–Trinajstić information content (AvgIpc) is 3.04. The van der Waals surface area contributed by atoms with Gasteiger partial charge in [0.25, 0.3) is 0 Å². The lowest BCUT2D eigenvalue weighted by atomic mass is 9.99. The molecule has 1 aromatic carbocycles. The Balaban J connectivity index is 1.76. The maximum atomic E-state index is 6.18. The summed E-state index contributed by atoms with van der Waals surface area (Å²) in [5.41, 5.74) is 9.90. The van der Waals surface area contributed by atoms with Gasteiger partial charge in [0.05, 0.1) is 12.3 Å². The largest absolute Gasteiger partial charge is 0.493 e. The van der Waals surface area contributed by atoms with Crippen LogP contribution in [0, 0.1) is 0 Å². The first-order valence-corrected chi connectivity index (χ1v) is 7.64. The highest BCUT2D eigenvalue weighted by atomic mass is 32.1. The third-order valence-corrected chi connectivity index (χ3v) is 5.21. The number of thiazole rings is 1. The van der Waals surface area contributed by atoms with Crippen LogP contribution in [0.15, 0.2) is 18.2 Å². The summed E-state index contributed by atoms with van der Waals surface area (Å²) in [6.45, 7) is 0.804. The molecule has 1 atom stereocenters. The average molecular weight is 272 g/mol. The molecule has 1 aromatic heterocycles. The molecule has 0 spiro atoms. The molecule has 0 amide bonds. The van der Waals surface area contributed by atoms with E-state index in [0.717, 1.165) is 43.0 Å². The molecule has 2 heterocycles. The minimum absolute atomic E-state index is 0.188. The van der Waals surface area contributed by atoms with Crippen LogP contribution in [0.1, 0.15) is 35.0 Å². The number of nitrogens with zero attached hydrogens (tertiary/aromatic N) is 1. The van der Waals surface area contributed by atoms with Crippen LogP contribution in [0.3, 0.4) is 0 Å². The number of hydrogen-bond acceptors (Lipinski definition) is 4. The summed E-state index contributed by atoms with van der Waals surface area (Å²) in [5, 5.41) is 1.11. The third-order valence-electron chi connectivity index (χ3n) is 3.93. The molecular weight excluding hydrogens is 256 g/mol. The van der Waals surface area contributed by atoms with Crippen LogP contribution in [0.5, 0.6) is 5.75 Å². The Hall–Kier alpha value is -1.39. The van der Waals surface area contributed by atoms with E-state index in [-0.39, 0.29) is 6.04 Å². The lowest BCUT2D eigenvalue weighted by Gasteiger charge is -2.15. The molecule has 4 rings (SSSR count). The van der Waals surface area contributed by atoms with Crippen molar-refractivity contribution in [2.45, 2.75) is 31.7 Å². The third kappa shape index (κ3) is 1.86. The Morgan fingerprint density at radius 2 is 2.26 bits per heavy atom. The molecular formula is C15H16N2OS. The molecule has 0 fully saturated rings. The number of nitrogens with two attached hydrogens (primary N) is 1. The summed E-state index contributed by atoms with van der Waals surface area (Å²) < 4.78 is 5.55. The lowest BCUT2D eigenvalue weighted by molar-refractivity contribution is 0.357. The zero-order valence-corrected chi connectivity index (χ0v) is 11.5. The summed E-state index contributed by atoms with van der Waals surface area (Å²) in [6.07, 6.45) is 4.34. The van der Waals surface area contributed by atoms with Gasteiger partial charge >= 0.3 is 0 Å². The fourth-order valence-electron chi connectivity index (χ4n) is 2.90. The van der Waals surface area contributed by atoms with Crippen molar-refractivity contribution in [3.63, 3.8) is 0 Å². The van der Waals surface area contributed by atoms with E-state index in [9.17, 15) is 0 Å². The number of fused-ring (bicyclic) bond motifs is 2. The molecule has 0 saturated heterocycles. The number of rotatable bonds is 1. The minimum atomic E-state index is 0.188. The van der Waals surface area contributed by atoms with Crippen LogP contribution >= 0.6 is 11.3 Å². The van der Waals surface area contributed by atoms with Gasteiger partial charge < -0.3 is 10.5 Å². The summed E-state index contributed by atoms with van der Waals surface area (Å²) in [7, 11) is 0. The Kier molecular flexibility index (Phi) is 2.60. The maximum absolute atomic E-state index is 6.18. The Morgan fingerprint density at radius 3 is 3.16 bits per heavy atom. The molecule has 2 aromatic rings. The SMILES string of the molecule is NC1CCCc2nc(-c3ccc4c(c3)CCO4)sc21. The molecule has 2 N–H and O–H groups in total. The first-order valence-electron chi connectivity index (χ1n) is 6.82. The van der Waals surface area contributed by atoms with Crippen LogP contribution in [-0.4, -0.2) is 11.6 Å². The molecule has 1 unspecified atom stereocenters. The lowest BCUT2D eigenvalue weighted by Crippen LogP contribution is -2.15.